The molecule has 0 unspecified atom stereocenters. The highest BCUT2D eigenvalue weighted by Gasteiger charge is 2.09. The first kappa shape index (κ1) is 15.9. The monoisotopic (exact) mass is 302 g/mol. The van der Waals surface area contributed by atoms with Crippen molar-refractivity contribution >= 4 is 5.91 Å². The Hall–Kier alpha value is -2.43. The van der Waals surface area contributed by atoms with Crippen molar-refractivity contribution in [2.24, 2.45) is 0 Å². The van der Waals surface area contributed by atoms with Crippen molar-refractivity contribution in [2.75, 3.05) is 20.2 Å². The van der Waals surface area contributed by atoms with E-state index >= 15 is 0 Å². The van der Waals surface area contributed by atoms with Crippen LogP contribution in [0.5, 0.6) is 5.75 Å². The normalized spacial score (nSPS) is 10.3. The molecule has 0 saturated heterocycles. The molecule has 5 heteroatoms. The molecule has 1 amide bonds. The van der Waals surface area contributed by atoms with Crippen LogP contribution in [0.25, 0.3) is 0 Å². The fourth-order valence-electron chi connectivity index (χ4n) is 1.94. The average Bonchev–Trinajstić information content (AvgIpc) is 2.55. The summed E-state index contributed by atoms with van der Waals surface area (Å²) >= 11 is 0. The van der Waals surface area contributed by atoms with Gasteiger partial charge in [0.2, 0.25) is 5.91 Å². The molecule has 0 N–H and O–H groups in total. The minimum atomic E-state index is -0.296. The molecule has 1 heterocycles. The Kier molecular flexibility index (Phi) is 5.89. The summed E-state index contributed by atoms with van der Waals surface area (Å²) in [5.74, 6) is 0.360. The Morgan fingerprint density at radius 3 is 2.73 bits per heavy atom. The molecule has 0 aliphatic carbocycles. The average molecular weight is 302 g/mol. The highest BCUT2D eigenvalue weighted by Crippen LogP contribution is 2.11. The number of carbonyl (C=O) groups excluding carboxylic acids is 1. The van der Waals surface area contributed by atoms with Crippen molar-refractivity contribution in [3.63, 3.8) is 0 Å². The molecule has 0 bridgehead atoms. The summed E-state index contributed by atoms with van der Waals surface area (Å²) in [5.41, 5.74) is 1.05. The number of aromatic nitrogens is 1. The molecular weight excluding hydrogens is 283 g/mol. The molecule has 1 aromatic heterocycles. The number of carbonyl (C=O) groups is 1. The fourth-order valence-corrected chi connectivity index (χ4v) is 1.94. The van der Waals surface area contributed by atoms with Crippen LogP contribution < -0.4 is 4.74 Å². The summed E-state index contributed by atoms with van der Waals surface area (Å²) in [4.78, 5) is 17.7. The lowest BCUT2D eigenvalue weighted by Gasteiger charge is -2.17. The van der Waals surface area contributed by atoms with Gasteiger partial charge >= 0.3 is 0 Å². The smallest absolute Gasteiger partial charge is 0.222 e. The molecular formula is C17H19FN2O2. The molecule has 0 fully saturated rings. The number of halogens is 1. The standard InChI is InChI=1S/C17H19FN2O2/c1-20(11-12-22-16-7-5-15(18)6-8-16)17(21)9-4-14-3-2-10-19-13-14/h2-3,5-8,10,13H,4,9,11-12H2,1H3. The van der Waals surface area contributed by atoms with Crippen LogP contribution in [0.3, 0.4) is 0 Å². The summed E-state index contributed by atoms with van der Waals surface area (Å²) < 4.78 is 18.2. The zero-order valence-electron chi connectivity index (χ0n) is 12.5. The van der Waals surface area contributed by atoms with Gasteiger partial charge in [0.1, 0.15) is 18.2 Å². The van der Waals surface area contributed by atoms with E-state index in [0.29, 0.717) is 31.7 Å². The van der Waals surface area contributed by atoms with Crippen LogP contribution in [0.4, 0.5) is 4.39 Å². The van der Waals surface area contributed by atoms with Crippen LogP contribution >= 0.6 is 0 Å². The molecule has 0 saturated carbocycles. The van der Waals surface area contributed by atoms with Crippen molar-refractivity contribution < 1.29 is 13.9 Å². The lowest BCUT2D eigenvalue weighted by Crippen LogP contribution is -2.31. The predicted molar refractivity (Wildman–Crippen MR) is 82.1 cm³/mol. The molecule has 116 valence electrons. The van der Waals surface area contributed by atoms with Gasteiger partial charge in [0, 0.05) is 25.9 Å². The summed E-state index contributed by atoms with van der Waals surface area (Å²) in [6, 6.07) is 9.65. The van der Waals surface area contributed by atoms with Crippen LogP contribution in [0.2, 0.25) is 0 Å². The number of hydrogen-bond donors (Lipinski definition) is 0. The van der Waals surface area contributed by atoms with Crippen LogP contribution in [-0.4, -0.2) is 36.0 Å². The number of pyridine rings is 1. The van der Waals surface area contributed by atoms with E-state index in [1.54, 1.807) is 36.5 Å². The van der Waals surface area contributed by atoms with Gasteiger partial charge < -0.3 is 9.64 Å². The molecule has 1 aromatic carbocycles. The number of nitrogens with zero attached hydrogens (tertiary/aromatic N) is 2. The number of aryl methyl sites for hydroxylation is 1. The fraction of sp³-hybridized carbons (Fsp3) is 0.294. The van der Waals surface area contributed by atoms with E-state index in [-0.39, 0.29) is 11.7 Å². The molecule has 0 aliphatic heterocycles. The van der Waals surface area contributed by atoms with Gasteiger partial charge in [0.15, 0.2) is 0 Å². The lowest BCUT2D eigenvalue weighted by atomic mass is 10.1. The maximum Gasteiger partial charge on any atom is 0.222 e. The Morgan fingerprint density at radius 2 is 2.05 bits per heavy atom. The maximum atomic E-state index is 12.8. The number of ether oxygens (including phenoxy) is 1. The second-order valence-corrected chi connectivity index (χ2v) is 4.98. The van der Waals surface area contributed by atoms with E-state index in [2.05, 4.69) is 4.98 Å². The molecule has 0 atom stereocenters. The third-order valence-corrected chi connectivity index (χ3v) is 3.29. The van der Waals surface area contributed by atoms with Gasteiger partial charge in [0.25, 0.3) is 0 Å². The van der Waals surface area contributed by atoms with Gasteiger partial charge in [-0.15, -0.1) is 0 Å². The first-order valence-electron chi connectivity index (χ1n) is 7.16. The summed E-state index contributed by atoms with van der Waals surface area (Å²) in [5, 5.41) is 0. The highest BCUT2D eigenvalue weighted by molar-refractivity contribution is 5.76. The minimum Gasteiger partial charge on any atom is -0.492 e. The molecule has 22 heavy (non-hydrogen) atoms. The Bertz CT molecular complexity index is 587. The highest BCUT2D eigenvalue weighted by atomic mass is 19.1. The predicted octanol–water partition coefficient (Wildman–Crippen LogP) is 2.69. The van der Waals surface area contributed by atoms with Crippen LogP contribution in [0.15, 0.2) is 48.8 Å². The van der Waals surface area contributed by atoms with E-state index in [0.717, 1.165) is 5.56 Å². The molecule has 2 rings (SSSR count). The van der Waals surface area contributed by atoms with Gasteiger partial charge in [-0.05, 0) is 42.3 Å². The number of rotatable bonds is 7. The first-order chi connectivity index (χ1) is 10.6. The van der Waals surface area contributed by atoms with E-state index in [1.807, 2.05) is 12.1 Å². The van der Waals surface area contributed by atoms with Crippen molar-refractivity contribution in [1.82, 2.24) is 9.88 Å². The van der Waals surface area contributed by atoms with E-state index in [1.165, 1.54) is 12.1 Å². The van der Waals surface area contributed by atoms with Gasteiger partial charge in [-0.2, -0.15) is 0 Å². The molecule has 4 nitrogen and oxygen atoms in total. The second kappa shape index (κ2) is 8.12. The van der Waals surface area contributed by atoms with Crippen molar-refractivity contribution in [1.29, 1.82) is 0 Å². The number of likely N-dealkylation sites (N-methyl/N-ethyl adjacent to an activating group) is 1. The van der Waals surface area contributed by atoms with Crippen molar-refractivity contribution in [2.45, 2.75) is 12.8 Å². The van der Waals surface area contributed by atoms with Crippen molar-refractivity contribution in [3.05, 3.63) is 60.2 Å². The third kappa shape index (κ3) is 5.16. The first-order valence-corrected chi connectivity index (χ1v) is 7.16. The van der Waals surface area contributed by atoms with Crippen LogP contribution in [-0.2, 0) is 11.2 Å². The summed E-state index contributed by atoms with van der Waals surface area (Å²) in [6.07, 6.45) is 4.60. The molecule has 0 aliphatic rings. The molecule has 0 spiro atoms. The molecule has 0 radical (unpaired) electrons. The zero-order valence-corrected chi connectivity index (χ0v) is 12.5. The maximum absolute atomic E-state index is 12.8. The van der Waals surface area contributed by atoms with E-state index in [9.17, 15) is 9.18 Å². The lowest BCUT2D eigenvalue weighted by molar-refractivity contribution is -0.130. The summed E-state index contributed by atoms with van der Waals surface area (Å²) in [7, 11) is 1.75. The number of hydrogen-bond acceptors (Lipinski definition) is 3. The van der Waals surface area contributed by atoms with Crippen LogP contribution in [0.1, 0.15) is 12.0 Å². The Labute approximate surface area is 129 Å². The Balaban J connectivity index is 1.69. The van der Waals surface area contributed by atoms with Crippen molar-refractivity contribution in [3.8, 4) is 5.75 Å². The van der Waals surface area contributed by atoms with Gasteiger partial charge in [-0.1, -0.05) is 6.07 Å². The number of benzene rings is 1. The zero-order chi connectivity index (χ0) is 15.8. The van der Waals surface area contributed by atoms with Gasteiger partial charge in [-0.25, -0.2) is 4.39 Å². The topological polar surface area (TPSA) is 42.4 Å². The summed E-state index contributed by atoms with van der Waals surface area (Å²) in [6.45, 7) is 0.865. The third-order valence-electron chi connectivity index (χ3n) is 3.29. The van der Waals surface area contributed by atoms with Gasteiger partial charge in [0.05, 0.1) is 6.54 Å². The van der Waals surface area contributed by atoms with E-state index < -0.39 is 0 Å². The van der Waals surface area contributed by atoms with E-state index in [4.69, 9.17) is 4.74 Å². The number of amides is 1. The largest absolute Gasteiger partial charge is 0.492 e. The van der Waals surface area contributed by atoms with Gasteiger partial charge in [-0.3, -0.25) is 9.78 Å². The molecule has 2 aromatic rings. The quantitative estimate of drug-likeness (QED) is 0.790. The SMILES string of the molecule is CN(CCOc1ccc(F)cc1)C(=O)CCc1cccnc1. The Morgan fingerprint density at radius 1 is 1.27 bits per heavy atom. The minimum absolute atomic E-state index is 0.0616. The van der Waals surface area contributed by atoms with Crippen LogP contribution in [0, 0.1) is 5.82 Å². The second-order valence-electron chi connectivity index (χ2n) is 4.98.